The number of hydrogen-bond acceptors (Lipinski definition) is 4. The summed E-state index contributed by atoms with van der Waals surface area (Å²) in [5.41, 5.74) is 3.92. The second-order valence-electron chi connectivity index (χ2n) is 9.07. The number of benzene rings is 3. The predicted molar refractivity (Wildman–Crippen MR) is 156 cm³/mol. The Balaban J connectivity index is 1.29. The molecule has 0 spiro atoms. The van der Waals surface area contributed by atoms with Gasteiger partial charge < -0.3 is 19.4 Å². The van der Waals surface area contributed by atoms with Crippen molar-refractivity contribution in [1.29, 1.82) is 0 Å². The van der Waals surface area contributed by atoms with E-state index < -0.39 is 0 Å². The van der Waals surface area contributed by atoms with E-state index in [0.717, 1.165) is 70.5 Å². The van der Waals surface area contributed by atoms with Gasteiger partial charge in [0.2, 0.25) is 0 Å². The Morgan fingerprint density at radius 1 is 1.05 bits per heavy atom. The number of carbonyl (C=O) groups excluding carboxylic acids is 1. The van der Waals surface area contributed by atoms with Crippen molar-refractivity contribution in [3.8, 4) is 11.5 Å². The first-order valence-corrected chi connectivity index (χ1v) is 13.8. The molecular weight excluding hydrogens is 542 g/mol. The zero-order chi connectivity index (χ0) is 26.7. The number of nitrogens with zero attached hydrogens (tertiary/aromatic N) is 2. The first-order valence-electron chi connectivity index (χ1n) is 13.0. The van der Waals surface area contributed by atoms with Crippen molar-refractivity contribution in [2.45, 2.75) is 38.6 Å². The van der Waals surface area contributed by atoms with Crippen molar-refractivity contribution in [1.82, 2.24) is 14.9 Å². The number of nitrogens with one attached hydrogen (secondary N) is 1. The number of halogens is 1. The van der Waals surface area contributed by atoms with Crippen LogP contribution < -0.4 is 14.8 Å². The van der Waals surface area contributed by atoms with Crippen LogP contribution in [0, 0.1) is 0 Å². The van der Waals surface area contributed by atoms with E-state index in [4.69, 9.17) is 14.5 Å². The monoisotopic (exact) mass is 575 g/mol. The van der Waals surface area contributed by atoms with Crippen LogP contribution in [0.5, 0.6) is 11.5 Å². The number of ether oxygens (including phenoxy) is 2. The first kappa shape index (κ1) is 27.5. The zero-order valence-electron chi connectivity index (χ0n) is 21.8. The number of aromatic nitrogens is 2. The first-order chi connectivity index (χ1) is 18.6. The van der Waals surface area contributed by atoms with Gasteiger partial charge in [-0.2, -0.15) is 0 Å². The molecule has 0 saturated carbocycles. The minimum absolute atomic E-state index is 0.0359. The number of carbonyl (C=O) groups is 1. The molecule has 0 bridgehead atoms. The number of aryl methyl sites for hydroxylation is 1. The van der Waals surface area contributed by atoms with Gasteiger partial charge in [0, 0.05) is 23.0 Å². The minimum Gasteiger partial charge on any atom is -0.493 e. The molecule has 0 aliphatic rings. The molecular formula is C31H34BrN3O3. The third kappa shape index (κ3) is 7.25. The molecule has 38 heavy (non-hydrogen) atoms. The van der Waals surface area contributed by atoms with E-state index in [1.54, 1.807) is 7.11 Å². The number of amides is 1. The Morgan fingerprint density at radius 2 is 1.87 bits per heavy atom. The summed E-state index contributed by atoms with van der Waals surface area (Å²) < 4.78 is 14.9. The average molecular weight is 577 g/mol. The lowest BCUT2D eigenvalue weighted by atomic mass is 10.1. The van der Waals surface area contributed by atoms with Gasteiger partial charge in [-0.1, -0.05) is 46.6 Å². The summed E-state index contributed by atoms with van der Waals surface area (Å²) in [5, 5.41) is 3.01. The summed E-state index contributed by atoms with van der Waals surface area (Å²) in [7, 11) is 1.66. The SMILES string of the molecule is C=CCc1ccc(OCCn2c(CCCCCNC(=O)c3ccc(Br)cc3)nc3ccccc32)c(OC)c1. The highest BCUT2D eigenvalue weighted by molar-refractivity contribution is 9.10. The molecule has 0 atom stereocenters. The van der Waals surface area contributed by atoms with E-state index >= 15 is 0 Å². The summed E-state index contributed by atoms with van der Waals surface area (Å²) in [6, 6.07) is 21.6. The molecule has 198 valence electrons. The van der Waals surface area contributed by atoms with Crippen molar-refractivity contribution >= 4 is 32.9 Å². The lowest BCUT2D eigenvalue weighted by Gasteiger charge is -2.14. The number of unbranched alkanes of at least 4 members (excludes halogenated alkanes) is 2. The van der Waals surface area contributed by atoms with Gasteiger partial charge in [0.15, 0.2) is 11.5 Å². The van der Waals surface area contributed by atoms with Crippen LogP contribution in [0.3, 0.4) is 0 Å². The van der Waals surface area contributed by atoms with Crippen molar-refractivity contribution < 1.29 is 14.3 Å². The maximum atomic E-state index is 12.3. The molecule has 3 aromatic carbocycles. The molecule has 0 radical (unpaired) electrons. The van der Waals surface area contributed by atoms with Crippen LogP contribution in [0.25, 0.3) is 11.0 Å². The standard InChI is InChI=1S/C31H34BrN3O3/c1-3-9-23-13-18-28(29(22-23)37-2)38-21-20-35-27-11-7-6-10-26(27)34-30(35)12-5-4-8-19-33-31(36)24-14-16-25(32)17-15-24/h3,6-7,10-11,13-18,22H,1,4-5,8-9,12,19-21H2,2H3,(H,33,36). The maximum Gasteiger partial charge on any atom is 0.251 e. The Morgan fingerprint density at radius 3 is 2.66 bits per heavy atom. The van der Waals surface area contributed by atoms with Crippen molar-refractivity contribution in [3.05, 3.63) is 101 Å². The Kier molecular flexibility index (Phi) is 9.98. The Labute approximate surface area is 232 Å². The number of para-hydroxylation sites is 2. The molecule has 1 N–H and O–H groups in total. The second-order valence-corrected chi connectivity index (χ2v) is 9.98. The van der Waals surface area contributed by atoms with Gasteiger partial charge in [-0.15, -0.1) is 6.58 Å². The lowest BCUT2D eigenvalue weighted by Crippen LogP contribution is -2.24. The number of allylic oxidation sites excluding steroid dienone is 1. The zero-order valence-corrected chi connectivity index (χ0v) is 23.4. The van der Waals surface area contributed by atoms with E-state index in [0.29, 0.717) is 25.3 Å². The fourth-order valence-electron chi connectivity index (χ4n) is 4.43. The fraction of sp³-hybridized carbons (Fsp3) is 0.290. The fourth-order valence-corrected chi connectivity index (χ4v) is 4.69. The number of fused-ring (bicyclic) bond motifs is 1. The number of hydrogen-bond donors (Lipinski definition) is 1. The Hall–Kier alpha value is -3.58. The molecule has 1 aromatic heterocycles. The molecule has 7 heteroatoms. The summed E-state index contributed by atoms with van der Waals surface area (Å²) in [6.07, 6.45) is 6.47. The highest BCUT2D eigenvalue weighted by Gasteiger charge is 2.12. The van der Waals surface area contributed by atoms with Gasteiger partial charge in [-0.25, -0.2) is 4.98 Å². The molecule has 1 amide bonds. The van der Waals surface area contributed by atoms with E-state index in [2.05, 4.69) is 44.5 Å². The van der Waals surface area contributed by atoms with E-state index in [9.17, 15) is 4.79 Å². The third-order valence-corrected chi connectivity index (χ3v) is 6.91. The van der Waals surface area contributed by atoms with E-state index in [-0.39, 0.29) is 5.91 Å². The van der Waals surface area contributed by atoms with Gasteiger partial charge >= 0.3 is 0 Å². The normalized spacial score (nSPS) is 10.9. The van der Waals surface area contributed by atoms with Gasteiger partial charge in [0.05, 0.1) is 24.7 Å². The van der Waals surface area contributed by atoms with Crippen molar-refractivity contribution in [3.63, 3.8) is 0 Å². The highest BCUT2D eigenvalue weighted by Crippen LogP contribution is 2.28. The van der Waals surface area contributed by atoms with Gasteiger partial charge in [-0.3, -0.25) is 4.79 Å². The molecule has 4 aromatic rings. The second kappa shape index (κ2) is 13.8. The number of methoxy groups -OCH3 is 1. The number of rotatable bonds is 14. The van der Waals surface area contributed by atoms with Crippen molar-refractivity contribution in [2.75, 3.05) is 20.3 Å². The number of imidazole rings is 1. The van der Waals surface area contributed by atoms with Crippen LogP contribution in [0.2, 0.25) is 0 Å². The van der Waals surface area contributed by atoms with Gasteiger partial charge in [0.25, 0.3) is 5.91 Å². The largest absolute Gasteiger partial charge is 0.493 e. The van der Waals surface area contributed by atoms with Crippen LogP contribution in [0.1, 0.15) is 41.0 Å². The molecule has 1 heterocycles. The summed E-state index contributed by atoms with van der Waals surface area (Å²) in [4.78, 5) is 17.2. The topological polar surface area (TPSA) is 65.4 Å². The molecule has 0 saturated heterocycles. The summed E-state index contributed by atoms with van der Waals surface area (Å²) in [5.74, 6) is 2.48. The molecule has 0 fully saturated rings. The summed E-state index contributed by atoms with van der Waals surface area (Å²) >= 11 is 3.40. The van der Waals surface area contributed by atoms with Gasteiger partial charge in [0.1, 0.15) is 12.4 Å². The smallest absolute Gasteiger partial charge is 0.251 e. The van der Waals surface area contributed by atoms with Crippen LogP contribution in [-0.2, 0) is 19.4 Å². The molecule has 4 rings (SSSR count). The highest BCUT2D eigenvalue weighted by atomic mass is 79.9. The van der Waals surface area contributed by atoms with E-state index in [1.807, 2.05) is 60.7 Å². The van der Waals surface area contributed by atoms with Crippen LogP contribution >= 0.6 is 15.9 Å². The van der Waals surface area contributed by atoms with E-state index in [1.165, 1.54) is 0 Å². The van der Waals surface area contributed by atoms with Gasteiger partial charge in [-0.05, 0) is 73.4 Å². The summed E-state index contributed by atoms with van der Waals surface area (Å²) in [6.45, 7) is 5.66. The third-order valence-electron chi connectivity index (χ3n) is 6.38. The predicted octanol–water partition coefficient (Wildman–Crippen LogP) is 6.76. The quantitative estimate of drug-likeness (QED) is 0.133. The molecule has 0 aliphatic heterocycles. The van der Waals surface area contributed by atoms with Crippen LogP contribution in [-0.4, -0.2) is 35.7 Å². The maximum absolute atomic E-state index is 12.3. The molecule has 0 unspecified atom stereocenters. The molecule has 0 aliphatic carbocycles. The van der Waals surface area contributed by atoms with Crippen LogP contribution in [0.15, 0.2) is 83.9 Å². The average Bonchev–Trinajstić information content (AvgIpc) is 3.29. The van der Waals surface area contributed by atoms with Crippen molar-refractivity contribution in [2.24, 2.45) is 0 Å². The molecule has 6 nitrogen and oxygen atoms in total. The Bertz CT molecular complexity index is 1360. The minimum atomic E-state index is -0.0359. The lowest BCUT2D eigenvalue weighted by molar-refractivity contribution is 0.0953. The van der Waals surface area contributed by atoms with Crippen LogP contribution in [0.4, 0.5) is 0 Å².